The zero-order valence-corrected chi connectivity index (χ0v) is 65.5. The summed E-state index contributed by atoms with van der Waals surface area (Å²) >= 11 is 0. The second kappa shape index (κ2) is 67.2. The van der Waals surface area contributed by atoms with Crippen LogP contribution >= 0.6 is 15.6 Å². The van der Waals surface area contributed by atoms with Gasteiger partial charge in [-0.2, -0.15) is 0 Å². The first-order valence-corrected chi connectivity index (χ1v) is 43.3. The molecule has 0 bridgehead atoms. The van der Waals surface area contributed by atoms with Gasteiger partial charge in [0.05, 0.1) is 26.4 Å². The molecule has 0 amide bonds. The monoisotopic (exact) mass is 1420 g/mol. The van der Waals surface area contributed by atoms with Gasteiger partial charge in [0.2, 0.25) is 0 Å². The Bertz CT molecular complexity index is 1910. The van der Waals surface area contributed by atoms with Crippen LogP contribution in [0, 0.1) is 23.7 Å². The zero-order chi connectivity index (χ0) is 71.7. The number of ether oxygens (including phenoxy) is 4. The SMILES string of the molecule is CCC(C)CCCCCCCCCCCCCCCCCCCCC(=O)O[C@H](COC(=O)CCCCCCCCCCCCCCC(C)C)COP(=O)(O)OC[C@@H](O)COP(=O)(O)OC[C@@H](COC(=O)CCCCCCCCC(C)CC)OC(=O)CCCCCCCCCC(C)C. The van der Waals surface area contributed by atoms with E-state index in [0.717, 1.165) is 114 Å². The van der Waals surface area contributed by atoms with Gasteiger partial charge in [-0.05, 0) is 49.4 Å². The lowest BCUT2D eigenvalue weighted by Gasteiger charge is -2.21. The lowest BCUT2D eigenvalue weighted by Crippen LogP contribution is -2.30. The Morgan fingerprint density at radius 1 is 0.289 bits per heavy atom. The molecule has 0 aromatic rings. The number of hydrogen-bond acceptors (Lipinski definition) is 15. The van der Waals surface area contributed by atoms with Crippen molar-refractivity contribution in [2.45, 2.75) is 414 Å². The number of aliphatic hydroxyl groups excluding tert-OH is 1. The summed E-state index contributed by atoms with van der Waals surface area (Å²) in [4.78, 5) is 72.8. The van der Waals surface area contributed by atoms with Crippen LogP contribution in [0.3, 0.4) is 0 Å². The number of phosphoric ester groups is 2. The zero-order valence-electron chi connectivity index (χ0n) is 63.7. The lowest BCUT2D eigenvalue weighted by atomic mass is 9.99. The predicted octanol–water partition coefficient (Wildman–Crippen LogP) is 22.8. The summed E-state index contributed by atoms with van der Waals surface area (Å²) in [5.74, 6) is 0.957. The van der Waals surface area contributed by atoms with Gasteiger partial charge in [0.1, 0.15) is 19.3 Å². The van der Waals surface area contributed by atoms with Crippen LogP contribution in [0.25, 0.3) is 0 Å². The van der Waals surface area contributed by atoms with Gasteiger partial charge in [-0.3, -0.25) is 37.3 Å². The van der Waals surface area contributed by atoms with Crippen molar-refractivity contribution in [1.29, 1.82) is 0 Å². The number of hydrogen-bond donors (Lipinski definition) is 3. The minimum Gasteiger partial charge on any atom is -0.462 e. The Balaban J connectivity index is 5.19. The van der Waals surface area contributed by atoms with Gasteiger partial charge in [-0.1, -0.05) is 344 Å². The number of esters is 4. The minimum atomic E-state index is -4.96. The third-order valence-electron chi connectivity index (χ3n) is 18.8. The molecule has 0 aromatic heterocycles. The minimum absolute atomic E-state index is 0.102. The van der Waals surface area contributed by atoms with E-state index in [4.69, 9.17) is 37.0 Å². The van der Waals surface area contributed by atoms with Crippen molar-refractivity contribution in [2.75, 3.05) is 39.6 Å². The number of carbonyl (C=O) groups is 4. The highest BCUT2D eigenvalue weighted by Crippen LogP contribution is 2.45. The lowest BCUT2D eigenvalue weighted by molar-refractivity contribution is -0.161. The quantitative estimate of drug-likeness (QED) is 0.0222. The van der Waals surface area contributed by atoms with Crippen molar-refractivity contribution in [3.63, 3.8) is 0 Å². The average Bonchev–Trinajstić information content (AvgIpc) is 1.01. The molecule has 0 spiro atoms. The van der Waals surface area contributed by atoms with E-state index >= 15 is 0 Å². The van der Waals surface area contributed by atoms with Crippen molar-refractivity contribution in [3.05, 3.63) is 0 Å². The molecule has 0 fully saturated rings. The van der Waals surface area contributed by atoms with E-state index in [1.165, 1.54) is 193 Å². The average molecular weight is 1420 g/mol. The molecule has 17 nitrogen and oxygen atoms in total. The van der Waals surface area contributed by atoms with Gasteiger partial charge in [-0.15, -0.1) is 0 Å². The number of rotatable bonds is 75. The fraction of sp³-hybridized carbons (Fsp3) is 0.949. The summed E-state index contributed by atoms with van der Waals surface area (Å²) in [5.41, 5.74) is 0. The van der Waals surface area contributed by atoms with Gasteiger partial charge < -0.3 is 33.8 Å². The van der Waals surface area contributed by atoms with Gasteiger partial charge in [0, 0.05) is 25.7 Å². The highest BCUT2D eigenvalue weighted by molar-refractivity contribution is 7.47. The van der Waals surface area contributed by atoms with Crippen LogP contribution in [0.1, 0.15) is 396 Å². The number of aliphatic hydroxyl groups is 1. The number of unbranched alkanes of at least 4 members (excludes halogenated alkanes) is 39. The Hall–Kier alpha value is -1.94. The molecule has 576 valence electrons. The Kier molecular flexibility index (Phi) is 65.9. The van der Waals surface area contributed by atoms with E-state index in [2.05, 4.69) is 55.4 Å². The summed E-state index contributed by atoms with van der Waals surface area (Å²) in [6.45, 7) is 14.2. The van der Waals surface area contributed by atoms with E-state index in [-0.39, 0.29) is 25.7 Å². The Labute approximate surface area is 594 Å². The fourth-order valence-corrected chi connectivity index (χ4v) is 13.4. The standard InChI is InChI=1S/C78H152O17P2/c1-9-70(7)56-48-40-32-26-22-17-15-13-11-12-14-16-18-24-28-34-44-52-60-77(82)94-73(64-88-75(80)58-50-42-33-27-23-20-19-21-25-30-38-46-54-68(3)4)66-92-96(84,85)90-62-72(79)63-91-97(86,87)93-67-74(95-78(83)61-53-45-35-29-31-39-47-55-69(5)6)65-89-76(81)59-51-43-37-36-41-49-57-71(8)10-2/h68-74,79H,9-67H2,1-8H3,(H,84,85)(H,86,87)/t70?,71?,72-,73-,74-/m1/s1. The van der Waals surface area contributed by atoms with Crippen LogP contribution in [0.5, 0.6) is 0 Å². The highest BCUT2D eigenvalue weighted by atomic mass is 31.2. The van der Waals surface area contributed by atoms with Crippen LogP contribution in [-0.2, 0) is 65.4 Å². The van der Waals surface area contributed by atoms with E-state index in [1.807, 2.05) is 0 Å². The van der Waals surface area contributed by atoms with Crippen molar-refractivity contribution in [2.24, 2.45) is 23.7 Å². The van der Waals surface area contributed by atoms with Crippen molar-refractivity contribution < 1.29 is 80.2 Å². The molecule has 0 aromatic carbocycles. The molecular formula is C78H152O17P2. The second-order valence-electron chi connectivity index (χ2n) is 29.5. The Morgan fingerprint density at radius 2 is 0.495 bits per heavy atom. The summed E-state index contributed by atoms with van der Waals surface area (Å²) in [6.07, 6.45) is 53.0. The van der Waals surface area contributed by atoms with Gasteiger partial charge in [0.15, 0.2) is 12.2 Å². The van der Waals surface area contributed by atoms with Gasteiger partial charge in [0.25, 0.3) is 0 Å². The van der Waals surface area contributed by atoms with E-state index in [0.29, 0.717) is 31.6 Å². The number of phosphoric acid groups is 2. The summed E-state index contributed by atoms with van der Waals surface area (Å²) in [7, 11) is -9.91. The fourth-order valence-electron chi connectivity index (χ4n) is 11.8. The molecule has 0 aliphatic carbocycles. The largest absolute Gasteiger partial charge is 0.472 e. The first kappa shape index (κ1) is 95.1. The third kappa shape index (κ3) is 69.5. The normalized spacial score (nSPS) is 14.6. The molecule has 0 aliphatic rings. The summed E-state index contributed by atoms with van der Waals surface area (Å²) in [5, 5.41) is 10.6. The molecule has 7 atom stereocenters. The molecule has 0 saturated carbocycles. The maximum atomic E-state index is 13.1. The molecule has 4 unspecified atom stereocenters. The molecule has 97 heavy (non-hydrogen) atoms. The van der Waals surface area contributed by atoms with E-state index < -0.39 is 97.5 Å². The highest BCUT2D eigenvalue weighted by Gasteiger charge is 2.30. The smallest absolute Gasteiger partial charge is 0.462 e. The van der Waals surface area contributed by atoms with Crippen LogP contribution < -0.4 is 0 Å². The van der Waals surface area contributed by atoms with Crippen molar-refractivity contribution in [3.8, 4) is 0 Å². The van der Waals surface area contributed by atoms with E-state index in [1.54, 1.807) is 0 Å². The van der Waals surface area contributed by atoms with E-state index in [9.17, 15) is 43.2 Å². The molecule has 0 rings (SSSR count). The summed E-state index contributed by atoms with van der Waals surface area (Å²) in [6, 6.07) is 0. The molecule has 0 radical (unpaired) electrons. The molecule has 0 saturated heterocycles. The second-order valence-corrected chi connectivity index (χ2v) is 32.4. The molecule has 19 heteroatoms. The molecule has 0 heterocycles. The first-order chi connectivity index (χ1) is 46.7. The third-order valence-corrected chi connectivity index (χ3v) is 20.7. The van der Waals surface area contributed by atoms with Crippen molar-refractivity contribution in [1.82, 2.24) is 0 Å². The van der Waals surface area contributed by atoms with Crippen LogP contribution in [0.2, 0.25) is 0 Å². The van der Waals surface area contributed by atoms with Crippen molar-refractivity contribution >= 4 is 39.5 Å². The molecular weight excluding hydrogens is 1270 g/mol. The Morgan fingerprint density at radius 3 is 0.732 bits per heavy atom. The summed E-state index contributed by atoms with van der Waals surface area (Å²) < 4.78 is 68.5. The van der Waals surface area contributed by atoms with Crippen LogP contribution in [0.4, 0.5) is 0 Å². The molecule has 3 N–H and O–H groups in total. The maximum Gasteiger partial charge on any atom is 0.472 e. The van der Waals surface area contributed by atoms with Crippen LogP contribution in [-0.4, -0.2) is 96.7 Å². The molecule has 0 aliphatic heterocycles. The topological polar surface area (TPSA) is 237 Å². The predicted molar refractivity (Wildman–Crippen MR) is 395 cm³/mol. The number of carbonyl (C=O) groups excluding carboxylic acids is 4. The van der Waals surface area contributed by atoms with Crippen LogP contribution in [0.15, 0.2) is 0 Å². The van der Waals surface area contributed by atoms with Gasteiger partial charge >= 0.3 is 39.5 Å². The first-order valence-electron chi connectivity index (χ1n) is 40.3. The van der Waals surface area contributed by atoms with Gasteiger partial charge in [-0.25, -0.2) is 9.13 Å². The maximum absolute atomic E-state index is 13.1.